The van der Waals surface area contributed by atoms with Crippen LogP contribution in [0.4, 0.5) is 0 Å². The minimum atomic E-state index is -0.0285. The topological polar surface area (TPSA) is 38.3 Å². The summed E-state index contributed by atoms with van der Waals surface area (Å²) < 4.78 is 5.04. The first-order chi connectivity index (χ1) is 7.79. The van der Waals surface area contributed by atoms with E-state index in [2.05, 4.69) is 11.4 Å². The second-order valence-electron chi connectivity index (χ2n) is 3.81. The molecular weight excluding hydrogens is 202 g/mol. The summed E-state index contributed by atoms with van der Waals surface area (Å²) in [6.45, 7) is 0. The summed E-state index contributed by atoms with van der Waals surface area (Å²) in [6.07, 6.45) is 6.19. The third-order valence-corrected chi connectivity index (χ3v) is 2.68. The monoisotopic (exact) mass is 217 g/mol. The number of ether oxygens (including phenoxy) is 1. The molecule has 3 nitrogen and oxygen atoms in total. The first-order valence-electron chi connectivity index (χ1n) is 5.41. The van der Waals surface area contributed by atoms with Crippen LogP contribution in [0.1, 0.15) is 23.2 Å². The van der Waals surface area contributed by atoms with Gasteiger partial charge in [-0.05, 0) is 37.1 Å². The molecule has 0 saturated carbocycles. The number of benzene rings is 1. The molecule has 1 aliphatic rings. The largest absolute Gasteiger partial charge is 0.497 e. The first kappa shape index (κ1) is 10.7. The molecule has 2 rings (SSSR count). The van der Waals surface area contributed by atoms with Crippen LogP contribution in [0.25, 0.3) is 0 Å². The predicted octanol–water partition coefficient (Wildman–Crippen LogP) is 2.14. The van der Waals surface area contributed by atoms with Crippen LogP contribution < -0.4 is 10.1 Å². The third kappa shape index (κ3) is 2.42. The third-order valence-electron chi connectivity index (χ3n) is 2.68. The van der Waals surface area contributed by atoms with Gasteiger partial charge in [0.2, 0.25) is 0 Å². The normalized spacial score (nSPS) is 18.4. The van der Waals surface area contributed by atoms with Crippen LogP contribution in [0.3, 0.4) is 0 Å². The zero-order valence-corrected chi connectivity index (χ0v) is 9.27. The Kier molecular flexibility index (Phi) is 3.25. The highest BCUT2D eigenvalue weighted by molar-refractivity contribution is 5.94. The highest BCUT2D eigenvalue weighted by Crippen LogP contribution is 2.13. The van der Waals surface area contributed by atoms with Gasteiger partial charge in [0.1, 0.15) is 5.75 Å². The molecule has 1 N–H and O–H groups in total. The molecule has 0 spiro atoms. The predicted molar refractivity (Wildman–Crippen MR) is 62.6 cm³/mol. The summed E-state index contributed by atoms with van der Waals surface area (Å²) in [5, 5.41) is 2.97. The number of amides is 1. The maximum absolute atomic E-state index is 11.8. The van der Waals surface area contributed by atoms with Gasteiger partial charge >= 0.3 is 0 Å². The summed E-state index contributed by atoms with van der Waals surface area (Å²) in [5.74, 6) is 0.733. The number of rotatable bonds is 3. The lowest BCUT2D eigenvalue weighted by molar-refractivity contribution is 0.0944. The van der Waals surface area contributed by atoms with Crippen molar-refractivity contribution in [1.29, 1.82) is 0 Å². The average molecular weight is 217 g/mol. The van der Waals surface area contributed by atoms with Gasteiger partial charge in [0.15, 0.2) is 0 Å². The minimum Gasteiger partial charge on any atom is -0.497 e. The molecular formula is C13H15NO2. The van der Waals surface area contributed by atoms with E-state index in [1.54, 1.807) is 31.4 Å². The maximum atomic E-state index is 11.8. The number of carbonyl (C=O) groups is 1. The highest BCUT2D eigenvalue weighted by atomic mass is 16.5. The molecule has 1 aliphatic carbocycles. The van der Waals surface area contributed by atoms with Crippen molar-refractivity contribution in [3.05, 3.63) is 42.0 Å². The molecule has 0 aromatic heterocycles. The molecule has 0 saturated heterocycles. The van der Waals surface area contributed by atoms with Crippen molar-refractivity contribution in [3.63, 3.8) is 0 Å². The number of carbonyl (C=O) groups excluding carboxylic acids is 1. The van der Waals surface area contributed by atoms with Crippen LogP contribution in [0, 0.1) is 0 Å². The Bertz CT molecular complexity index is 395. The van der Waals surface area contributed by atoms with E-state index in [1.807, 2.05) is 6.08 Å². The molecule has 0 fully saturated rings. The van der Waals surface area contributed by atoms with E-state index in [4.69, 9.17) is 4.74 Å². The van der Waals surface area contributed by atoms with Crippen LogP contribution in [0.15, 0.2) is 36.4 Å². The smallest absolute Gasteiger partial charge is 0.251 e. The second-order valence-corrected chi connectivity index (χ2v) is 3.81. The average Bonchev–Trinajstić information content (AvgIpc) is 2.82. The van der Waals surface area contributed by atoms with Crippen molar-refractivity contribution in [2.45, 2.75) is 18.9 Å². The van der Waals surface area contributed by atoms with E-state index < -0.39 is 0 Å². The Balaban J connectivity index is 1.99. The minimum absolute atomic E-state index is 0.0285. The molecule has 1 aromatic carbocycles. The lowest BCUT2D eigenvalue weighted by atomic mass is 10.2. The maximum Gasteiger partial charge on any atom is 0.251 e. The van der Waals surface area contributed by atoms with Crippen LogP contribution in [0.2, 0.25) is 0 Å². The fourth-order valence-corrected chi connectivity index (χ4v) is 1.75. The van der Waals surface area contributed by atoms with Gasteiger partial charge < -0.3 is 10.1 Å². The molecule has 0 heterocycles. The molecule has 1 aromatic rings. The van der Waals surface area contributed by atoms with E-state index in [0.29, 0.717) is 5.56 Å². The number of hydrogen-bond acceptors (Lipinski definition) is 2. The van der Waals surface area contributed by atoms with Crippen molar-refractivity contribution in [2.75, 3.05) is 7.11 Å². The highest BCUT2D eigenvalue weighted by Gasteiger charge is 2.13. The molecule has 84 valence electrons. The molecule has 0 bridgehead atoms. The van der Waals surface area contributed by atoms with Crippen molar-refractivity contribution in [1.82, 2.24) is 5.32 Å². The van der Waals surface area contributed by atoms with E-state index in [9.17, 15) is 4.79 Å². The number of hydrogen-bond donors (Lipinski definition) is 1. The summed E-state index contributed by atoms with van der Waals surface area (Å²) in [4.78, 5) is 11.8. The van der Waals surface area contributed by atoms with Gasteiger partial charge in [0, 0.05) is 11.6 Å². The SMILES string of the molecule is COc1ccc(C(=O)N[C@@H]2C=CCC2)cc1. The Labute approximate surface area is 95.1 Å². The van der Waals surface area contributed by atoms with Gasteiger partial charge in [-0.2, -0.15) is 0 Å². The lowest BCUT2D eigenvalue weighted by Crippen LogP contribution is -2.31. The van der Waals surface area contributed by atoms with Crippen LogP contribution >= 0.6 is 0 Å². The van der Waals surface area contributed by atoms with Gasteiger partial charge in [-0.15, -0.1) is 0 Å². The van der Waals surface area contributed by atoms with E-state index in [1.165, 1.54) is 0 Å². The Hall–Kier alpha value is -1.77. The van der Waals surface area contributed by atoms with Crippen LogP contribution in [0.5, 0.6) is 5.75 Å². The zero-order chi connectivity index (χ0) is 11.4. The van der Waals surface area contributed by atoms with Gasteiger partial charge in [-0.1, -0.05) is 12.2 Å². The molecule has 1 atom stereocenters. The molecule has 0 radical (unpaired) electrons. The van der Waals surface area contributed by atoms with Crippen molar-refractivity contribution >= 4 is 5.91 Å². The van der Waals surface area contributed by atoms with Gasteiger partial charge in [-0.3, -0.25) is 4.79 Å². The lowest BCUT2D eigenvalue weighted by Gasteiger charge is -2.10. The van der Waals surface area contributed by atoms with Gasteiger partial charge in [0.05, 0.1) is 7.11 Å². The Morgan fingerprint density at radius 3 is 2.69 bits per heavy atom. The van der Waals surface area contributed by atoms with E-state index in [0.717, 1.165) is 18.6 Å². The fourth-order valence-electron chi connectivity index (χ4n) is 1.75. The summed E-state index contributed by atoms with van der Waals surface area (Å²) >= 11 is 0. The van der Waals surface area contributed by atoms with Crippen LogP contribution in [-0.4, -0.2) is 19.1 Å². The molecule has 0 aliphatic heterocycles. The van der Waals surface area contributed by atoms with Crippen molar-refractivity contribution < 1.29 is 9.53 Å². The fraction of sp³-hybridized carbons (Fsp3) is 0.308. The summed E-state index contributed by atoms with van der Waals surface area (Å²) in [5.41, 5.74) is 0.668. The molecule has 16 heavy (non-hydrogen) atoms. The van der Waals surface area contributed by atoms with Crippen molar-refractivity contribution in [2.24, 2.45) is 0 Å². The number of methoxy groups -OCH3 is 1. The van der Waals surface area contributed by atoms with E-state index in [-0.39, 0.29) is 11.9 Å². The van der Waals surface area contributed by atoms with Crippen LogP contribution in [-0.2, 0) is 0 Å². The van der Waals surface area contributed by atoms with Crippen molar-refractivity contribution in [3.8, 4) is 5.75 Å². The number of allylic oxidation sites excluding steroid dienone is 1. The molecule has 0 unspecified atom stereocenters. The quantitative estimate of drug-likeness (QED) is 0.788. The second kappa shape index (κ2) is 4.84. The number of nitrogens with one attached hydrogen (secondary N) is 1. The Morgan fingerprint density at radius 1 is 1.38 bits per heavy atom. The molecule has 3 heteroatoms. The standard InChI is InChI=1S/C13H15NO2/c1-16-12-8-6-10(7-9-12)13(15)14-11-4-2-3-5-11/h2,4,6-9,11H,3,5H2,1H3,(H,14,15)/t11-/m1/s1. The molecule has 1 amide bonds. The Morgan fingerprint density at radius 2 is 2.12 bits per heavy atom. The summed E-state index contributed by atoms with van der Waals surface area (Å²) in [7, 11) is 1.61. The van der Waals surface area contributed by atoms with Gasteiger partial charge in [-0.25, -0.2) is 0 Å². The first-order valence-corrected chi connectivity index (χ1v) is 5.41. The zero-order valence-electron chi connectivity index (χ0n) is 9.27. The summed E-state index contributed by atoms with van der Waals surface area (Å²) in [6, 6.07) is 7.31. The van der Waals surface area contributed by atoms with Gasteiger partial charge in [0.25, 0.3) is 5.91 Å². The van der Waals surface area contributed by atoms with E-state index >= 15 is 0 Å².